The maximum absolute atomic E-state index is 12.2. The third kappa shape index (κ3) is 1.67. The smallest absolute Gasteiger partial charge is 0.267 e. The summed E-state index contributed by atoms with van der Waals surface area (Å²) in [5.41, 5.74) is 1.35. The van der Waals surface area contributed by atoms with E-state index in [0.29, 0.717) is 17.6 Å². The highest BCUT2D eigenvalue weighted by Gasteiger charge is 2.09. The van der Waals surface area contributed by atoms with E-state index in [-0.39, 0.29) is 5.56 Å². The van der Waals surface area contributed by atoms with Crippen molar-refractivity contribution in [1.29, 1.82) is 0 Å². The van der Waals surface area contributed by atoms with Crippen molar-refractivity contribution in [3.63, 3.8) is 0 Å². The van der Waals surface area contributed by atoms with Crippen molar-refractivity contribution in [2.45, 2.75) is 6.54 Å². The van der Waals surface area contributed by atoms with E-state index < -0.39 is 0 Å². The minimum atomic E-state index is -0.169. The lowest BCUT2D eigenvalue weighted by molar-refractivity contribution is 0.595. The molecule has 0 saturated carbocycles. The van der Waals surface area contributed by atoms with Crippen molar-refractivity contribution in [3.05, 3.63) is 52.4 Å². The van der Waals surface area contributed by atoms with Gasteiger partial charge in [-0.3, -0.25) is 4.79 Å². The van der Waals surface area contributed by atoms with Gasteiger partial charge in [0, 0.05) is 7.05 Å². The predicted molar refractivity (Wildman–Crippen MR) is 66.1 cm³/mol. The fourth-order valence-electron chi connectivity index (χ4n) is 1.84. The summed E-state index contributed by atoms with van der Waals surface area (Å²) in [5.74, 6) is 0. The molecule has 6 nitrogen and oxygen atoms in total. The molecule has 0 atom stereocenters. The first kappa shape index (κ1) is 10.6. The van der Waals surface area contributed by atoms with Crippen LogP contribution >= 0.6 is 0 Å². The van der Waals surface area contributed by atoms with Crippen LogP contribution in [0.15, 0.2) is 41.3 Å². The molecule has 2 heterocycles. The third-order valence-corrected chi connectivity index (χ3v) is 2.79. The van der Waals surface area contributed by atoms with Crippen LogP contribution < -0.4 is 5.56 Å². The number of rotatable bonds is 2. The second-order valence-electron chi connectivity index (χ2n) is 4.04. The van der Waals surface area contributed by atoms with E-state index in [9.17, 15) is 4.79 Å². The van der Waals surface area contributed by atoms with Crippen LogP contribution in [0, 0.1) is 0 Å². The van der Waals surface area contributed by atoms with Gasteiger partial charge in [-0.15, -0.1) is 5.10 Å². The molecule has 0 radical (unpaired) electrons. The molecule has 1 aromatic carbocycles. The largest absolute Gasteiger partial charge is 0.281 e. The van der Waals surface area contributed by atoms with Crippen LogP contribution in [0.1, 0.15) is 5.56 Å². The Morgan fingerprint density at radius 2 is 2.00 bits per heavy atom. The average Bonchev–Trinajstić information content (AvgIpc) is 2.77. The Bertz CT molecular complexity index is 744. The van der Waals surface area contributed by atoms with Crippen LogP contribution in [0.4, 0.5) is 0 Å². The molecule has 0 bridgehead atoms. The Balaban J connectivity index is 2.08. The number of benzene rings is 1. The van der Waals surface area contributed by atoms with Crippen molar-refractivity contribution in [1.82, 2.24) is 24.8 Å². The standard InChI is InChI=1S/C12H11N5O/c1-16-11-10(7-13-16)12(18)17(15-14-11)8-9-5-3-2-4-6-9/h2-7H,8H2,1H3. The summed E-state index contributed by atoms with van der Waals surface area (Å²) < 4.78 is 2.88. The van der Waals surface area contributed by atoms with Gasteiger partial charge in [0.05, 0.1) is 12.7 Å². The molecule has 6 heteroatoms. The summed E-state index contributed by atoms with van der Waals surface area (Å²) >= 11 is 0. The average molecular weight is 241 g/mol. The normalized spacial score (nSPS) is 10.9. The second-order valence-corrected chi connectivity index (χ2v) is 4.04. The van der Waals surface area contributed by atoms with E-state index in [0.717, 1.165) is 5.56 Å². The summed E-state index contributed by atoms with van der Waals surface area (Å²) in [7, 11) is 1.73. The molecule has 0 amide bonds. The number of aryl methyl sites for hydroxylation is 1. The Kier molecular flexibility index (Phi) is 2.40. The molecular formula is C12H11N5O. The molecule has 0 spiro atoms. The van der Waals surface area contributed by atoms with Crippen molar-refractivity contribution < 1.29 is 0 Å². The maximum Gasteiger partial charge on any atom is 0.281 e. The summed E-state index contributed by atoms with van der Waals surface area (Å²) in [6, 6.07) is 9.68. The fraction of sp³-hybridized carbons (Fsp3) is 0.167. The highest BCUT2D eigenvalue weighted by atomic mass is 16.1. The molecule has 0 unspecified atom stereocenters. The van der Waals surface area contributed by atoms with Crippen LogP contribution in [0.3, 0.4) is 0 Å². The Morgan fingerprint density at radius 3 is 2.78 bits per heavy atom. The van der Waals surface area contributed by atoms with E-state index in [4.69, 9.17) is 0 Å². The van der Waals surface area contributed by atoms with Crippen LogP contribution in [-0.4, -0.2) is 24.8 Å². The summed E-state index contributed by atoms with van der Waals surface area (Å²) in [6.45, 7) is 0.414. The zero-order chi connectivity index (χ0) is 12.5. The molecule has 90 valence electrons. The number of nitrogens with zero attached hydrogens (tertiary/aromatic N) is 5. The van der Waals surface area contributed by atoms with Crippen molar-refractivity contribution in [2.24, 2.45) is 7.05 Å². The van der Waals surface area contributed by atoms with E-state index in [1.165, 1.54) is 15.6 Å². The molecule has 0 fully saturated rings. The van der Waals surface area contributed by atoms with Crippen molar-refractivity contribution in [2.75, 3.05) is 0 Å². The lowest BCUT2D eigenvalue weighted by Crippen LogP contribution is -2.24. The Labute approximate surface area is 102 Å². The van der Waals surface area contributed by atoms with Gasteiger partial charge in [0.15, 0.2) is 5.65 Å². The molecule has 0 aliphatic heterocycles. The highest BCUT2D eigenvalue weighted by Crippen LogP contribution is 2.03. The lowest BCUT2D eigenvalue weighted by Gasteiger charge is -2.03. The topological polar surface area (TPSA) is 65.6 Å². The van der Waals surface area contributed by atoms with Gasteiger partial charge in [-0.05, 0) is 5.56 Å². The molecule has 0 aliphatic rings. The van der Waals surface area contributed by atoms with Gasteiger partial charge in [0.1, 0.15) is 5.39 Å². The quantitative estimate of drug-likeness (QED) is 0.658. The van der Waals surface area contributed by atoms with Gasteiger partial charge in [0.25, 0.3) is 5.56 Å². The zero-order valence-corrected chi connectivity index (χ0v) is 9.82. The molecule has 18 heavy (non-hydrogen) atoms. The molecule has 0 aliphatic carbocycles. The van der Waals surface area contributed by atoms with Crippen molar-refractivity contribution >= 4 is 11.0 Å². The lowest BCUT2D eigenvalue weighted by atomic mass is 10.2. The monoisotopic (exact) mass is 241 g/mol. The number of hydrogen-bond acceptors (Lipinski definition) is 4. The third-order valence-electron chi connectivity index (χ3n) is 2.79. The molecule has 0 N–H and O–H groups in total. The summed E-state index contributed by atoms with van der Waals surface area (Å²) in [6.07, 6.45) is 1.52. The first-order valence-corrected chi connectivity index (χ1v) is 5.55. The minimum Gasteiger partial charge on any atom is -0.267 e. The fourth-order valence-corrected chi connectivity index (χ4v) is 1.84. The first-order chi connectivity index (χ1) is 8.75. The molecule has 3 rings (SSSR count). The first-order valence-electron chi connectivity index (χ1n) is 5.55. The predicted octanol–water partition coefficient (Wildman–Crippen LogP) is 0.573. The summed E-state index contributed by atoms with van der Waals surface area (Å²) in [5, 5.41) is 12.4. The van der Waals surface area contributed by atoms with E-state index in [1.807, 2.05) is 30.3 Å². The van der Waals surface area contributed by atoms with Gasteiger partial charge in [0.2, 0.25) is 0 Å². The van der Waals surface area contributed by atoms with E-state index in [1.54, 1.807) is 7.05 Å². The number of fused-ring (bicyclic) bond motifs is 1. The number of aromatic nitrogens is 5. The summed E-state index contributed by atoms with van der Waals surface area (Å²) in [4.78, 5) is 12.2. The molecular weight excluding hydrogens is 230 g/mol. The maximum atomic E-state index is 12.2. The van der Waals surface area contributed by atoms with Gasteiger partial charge in [-0.2, -0.15) is 5.10 Å². The van der Waals surface area contributed by atoms with E-state index >= 15 is 0 Å². The van der Waals surface area contributed by atoms with Crippen molar-refractivity contribution in [3.8, 4) is 0 Å². The van der Waals surface area contributed by atoms with Crippen LogP contribution in [0.2, 0.25) is 0 Å². The van der Waals surface area contributed by atoms with Gasteiger partial charge >= 0.3 is 0 Å². The van der Waals surface area contributed by atoms with E-state index in [2.05, 4.69) is 15.4 Å². The number of hydrogen-bond donors (Lipinski definition) is 0. The highest BCUT2D eigenvalue weighted by molar-refractivity contribution is 5.72. The Hall–Kier alpha value is -2.50. The molecule has 0 saturated heterocycles. The van der Waals surface area contributed by atoms with Crippen LogP contribution in [0.25, 0.3) is 11.0 Å². The molecule has 2 aromatic heterocycles. The van der Waals surface area contributed by atoms with Crippen LogP contribution in [-0.2, 0) is 13.6 Å². The SMILES string of the molecule is Cn1ncc2c(=O)n(Cc3ccccc3)nnc21. The van der Waals surface area contributed by atoms with Crippen LogP contribution in [0.5, 0.6) is 0 Å². The van der Waals surface area contributed by atoms with Gasteiger partial charge in [-0.25, -0.2) is 9.36 Å². The molecule has 3 aromatic rings. The Morgan fingerprint density at radius 1 is 1.22 bits per heavy atom. The second kappa shape index (κ2) is 4.06. The zero-order valence-electron chi connectivity index (χ0n) is 9.82. The minimum absolute atomic E-state index is 0.169. The van der Waals surface area contributed by atoms with Gasteiger partial charge in [-0.1, -0.05) is 35.5 Å². The van der Waals surface area contributed by atoms with Gasteiger partial charge < -0.3 is 0 Å².